The van der Waals surface area contributed by atoms with Crippen molar-refractivity contribution in [3.8, 4) is 0 Å². The van der Waals surface area contributed by atoms with Crippen molar-refractivity contribution in [1.82, 2.24) is 4.90 Å². The summed E-state index contributed by atoms with van der Waals surface area (Å²) >= 11 is 0. The van der Waals surface area contributed by atoms with E-state index in [0.29, 0.717) is 17.9 Å². The number of hydrogen-bond acceptors (Lipinski definition) is 5. The number of imide groups is 3. The van der Waals surface area contributed by atoms with Gasteiger partial charge in [-0.25, -0.2) is 4.90 Å². The van der Waals surface area contributed by atoms with Crippen LogP contribution in [-0.2, 0) is 14.3 Å². The highest BCUT2D eigenvalue weighted by molar-refractivity contribution is 6.32. The number of carbonyl (C=O) groups is 4. The molecule has 0 spiro atoms. The van der Waals surface area contributed by atoms with Gasteiger partial charge >= 0.3 is 0 Å². The van der Waals surface area contributed by atoms with E-state index in [1.165, 1.54) is 19.1 Å². The fourth-order valence-corrected chi connectivity index (χ4v) is 4.85. The van der Waals surface area contributed by atoms with Crippen molar-refractivity contribution >= 4 is 23.5 Å². The van der Waals surface area contributed by atoms with Gasteiger partial charge in [0.1, 0.15) is 5.41 Å². The molecule has 2 atom stereocenters. The Morgan fingerprint density at radius 1 is 0.967 bits per heavy atom. The number of hydrogen-bond donors (Lipinski definition) is 0. The number of rotatable bonds is 2. The summed E-state index contributed by atoms with van der Waals surface area (Å²) in [5.74, 6) is -3.02. The molecule has 0 fully saturated rings. The maximum absolute atomic E-state index is 13.8. The van der Waals surface area contributed by atoms with Gasteiger partial charge < -0.3 is 4.74 Å². The molecule has 3 amide bonds. The van der Waals surface area contributed by atoms with Gasteiger partial charge in [0.2, 0.25) is 5.78 Å². The molecular weight excluding hydrogens is 382 g/mol. The zero-order valence-electron chi connectivity index (χ0n) is 16.4. The monoisotopic (exact) mass is 401 g/mol. The van der Waals surface area contributed by atoms with Crippen molar-refractivity contribution in [2.45, 2.75) is 25.7 Å². The second-order valence-corrected chi connectivity index (χ2v) is 7.98. The largest absolute Gasteiger partial charge is 0.490 e. The van der Waals surface area contributed by atoms with Crippen LogP contribution in [-0.4, -0.2) is 35.0 Å². The summed E-state index contributed by atoms with van der Waals surface area (Å²) < 4.78 is 5.68. The van der Waals surface area contributed by atoms with Crippen LogP contribution in [0.4, 0.5) is 0 Å². The van der Waals surface area contributed by atoms with E-state index in [2.05, 4.69) is 0 Å². The van der Waals surface area contributed by atoms with Gasteiger partial charge in [-0.15, -0.1) is 0 Å². The van der Waals surface area contributed by atoms with Gasteiger partial charge in [0, 0.05) is 5.92 Å². The first kappa shape index (κ1) is 18.5. The predicted octanol–water partition coefficient (Wildman–Crippen LogP) is 3.25. The molecular formula is C24H19NO5. The number of Topliss-reactive ketones (excluding diaryl/α,β-unsaturated/α-hetero) is 1. The fourth-order valence-electron chi connectivity index (χ4n) is 4.85. The average Bonchev–Trinajstić information content (AvgIpc) is 3.17. The molecule has 3 aliphatic rings. The normalized spacial score (nSPS) is 25.3. The SMILES string of the molecule is C[C@@]1(C(=O)N2C(=O)c3ccccc3C2=O)C(=O)C2=C(CCCO2)[C@@H]1c1ccccc1. The van der Waals surface area contributed by atoms with Gasteiger partial charge in [0.25, 0.3) is 17.7 Å². The van der Waals surface area contributed by atoms with E-state index in [-0.39, 0.29) is 16.9 Å². The zero-order chi connectivity index (χ0) is 21.0. The summed E-state index contributed by atoms with van der Waals surface area (Å²) in [7, 11) is 0. The number of benzene rings is 2. The Morgan fingerprint density at radius 3 is 2.20 bits per heavy atom. The molecule has 6 heteroatoms. The lowest BCUT2D eigenvalue weighted by Crippen LogP contribution is -2.50. The minimum atomic E-state index is -1.64. The van der Waals surface area contributed by atoms with Crippen LogP contribution in [0, 0.1) is 5.41 Å². The summed E-state index contributed by atoms with van der Waals surface area (Å²) in [5, 5.41) is 0. The van der Waals surface area contributed by atoms with Crippen molar-refractivity contribution in [2.75, 3.05) is 6.61 Å². The quantitative estimate of drug-likeness (QED) is 0.570. The highest BCUT2D eigenvalue weighted by Crippen LogP contribution is 2.54. The molecule has 0 N–H and O–H groups in total. The number of nitrogens with zero attached hydrogens (tertiary/aromatic N) is 1. The zero-order valence-corrected chi connectivity index (χ0v) is 16.4. The molecule has 5 rings (SSSR count). The van der Waals surface area contributed by atoms with Gasteiger partial charge in [-0.1, -0.05) is 42.5 Å². The molecule has 2 aliphatic heterocycles. The summed E-state index contributed by atoms with van der Waals surface area (Å²) in [6, 6.07) is 15.6. The summed E-state index contributed by atoms with van der Waals surface area (Å²) in [4.78, 5) is 53.8. The summed E-state index contributed by atoms with van der Waals surface area (Å²) in [6.45, 7) is 1.93. The van der Waals surface area contributed by atoms with Crippen molar-refractivity contribution in [3.63, 3.8) is 0 Å². The van der Waals surface area contributed by atoms with Crippen molar-refractivity contribution in [1.29, 1.82) is 0 Å². The lowest BCUT2D eigenvalue weighted by molar-refractivity contribution is -0.144. The number of fused-ring (bicyclic) bond motifs is 1. The van der Waals surface area contributed by atoms with Crippen LogP contribution in [0.25, 0.3) is 0 Å². The molecule has 0 bridgehead atoms. The van der Waals surface area contributed by atoms with E-state index in [1.807, 2.05) is 30.3 Å². The molecule has 2 aromatic carbocycles. The standard InChI is InChI=1S/C24H19NO5/c1-24(23(29)25-21(27)15-10-5-6-11-16(15)22(25)28)18(14-8-3-2-4-9-14)17-12-7-13-30-19(17)20(24)26/h2-6,8-11,18H,7,12-13H2,1H3/t18-,24-/m0/s1. The molecule has 1 aliphatic carbocycles. The molecule has 0 radical (unpaired) electrons. The number of ketones is 1. The number of allylic oxidation sites excluding steroid dienone is 2. The third-order valence-electron chi connectivity index (χ3n) is 6.31. The van der Waals surface area contributed by atoms with Gasteiger partial charge in [0.05, 0.1) is 17.7 Å². The highest BCUT2D eigenvalue weighted by atomic mass is 16.5. The Balaban J connectivity index is 1.64. The minimum absolute atomic E-state index is 0.176. The molecule has 2 heterocycles. The van der Waals surface area contributed by atoms with E-state index in [0.717, 1.165) is 17.6 Å². The van der Waals surface area contributed by atoms with Gasteiger partial charge in [-0.05, 0) is 43.0 Å². The van der Waals surface area contributed by atoms with Gasteiger partial charge in [0.15, 0.2) is 5.76 Å². The molecule has 0 unspecified atom stereocenters. The van der Waals surface area contributed by atoms with Crippen LogP contribution in [0.3, 0.4) is 0 Å². The van der Waals surface area contributed by atoms with E-state index in [4.69, 9.17) is 4.74 Å². The van der Waals surface area contributed by atoms with Crippen LogP contribution in [0.5, 0.6) is 0 Å². The molecule has 30 heavy (non-hydrogen) atoms. The lowest BCUT2D eigenvalue weighted by atomic mass is 9.71. The summed E-state index contributed by atoms with van der Waals surface area (Å²) in [5.41, 5.74) is 0.271. The van der Waals surface area contributed by atoms with E-state index in [1.54, 1.807) is 12.1 Å². The van der Waals surface area contributed by atoms with Crippen molar-refractivity contribution < 1.29 is 23.9 Å². The molecule has 0 aromatic heterocycles. The number of amides is 3. The third kappa shape index (κ3) is 2.30. The van der Waals surface area contributed by atoms with Crippen molar-refractivity contribution in [2.24, 2.45) is 5.41 Å². The smallest absolute Gasteiger partial charge is 0.268 e. The van der Waals surface area contributed by atoms with E-state index >= 15 is 0 Å². The Bertz CT molecular complexity index is 1110. The molecule has 0 saturated carbocycles. The number of carbonyl (C=O) groups excluding carboxylic acids is 4. The topological polar surface area (TPSA) is 80.8 Å². The molecule has 150 valence electrons. The van der Waals surface area contributed by atoms with Crippen LogP contribution < -0.4 is 0 Å². The predicted molar refractivity (Wildman–Crippen MR) is 106 cm³/mol. The maximum atomic E-state index is 13.8. The summed E-state index contributed by atoms with van der Waals surface area (Å²) in [6.07, 6.45) is 1.37. The maximum Gasteiger partial charge on any atom is 0.268 e. The Labute approximate surface area is 173 Å². The van der Waals surface area contributed by atoms with E-state index < -0.39 is 34.8 Å². The van der Waals surface area contributed by atoms with Crippen LogP contribution in [0.2, 0.25) is 0 Å². The van der Waals surface area contributed by atoms with Gasteiger partial charge in [-0.3, -0.25) is 19.2 Å². The average molecular weight is 401 g/mol. The van der Waals surface area contributed by atoms with Crippen LogP contribution in [0.1, 0.15) is 52.0 Å². The minimum Gasteiger partial charge on any atom is -0.490 e. The third-order valence-corrected chi connectivity index (χ3v) is 6.31. The highest BCUT2D eigenvalue weighted by Gasteiger charge is 2.61. The first-order valence-corrected chi connectivity index (χ1v) is 9.94. The van der Waals surface area contributed by atoms with E-state index in [9.17, 15) is 19.2 Å². The van der Waals surface area contributed by atoms with Crippen LogP contribution >= 0.6 is 0 Å². The van der Waals surface area contributed by atoms with Gasteiger partial charge in [-0.2, -0.15) is 0 Å². The first-order chi connectivity index (χ1) is 14.5. The first-order valence-electron chi connectivity index (χ1n) is 9.94. The molecule has 2 aromatic rings. The number of ether oxygens (including phenoxy) is 1. The fraction of sp³-hybridized carbons (Fsp3) is 0.250. The van der Waals surface area contributed by atoms with Crippen molar-refractivity contribution in [3.05, 3.63) is 82.6 Å². The Hall–Kier alpha value is -3.54. The lowest BCUT2D eigenvalue weighted by Gasteiger charge is -2.32. The Kier molecular flexibility index (Phi) is 4.00. The molecule has 0 saturated heterocycles. The second kappa shape index (κ2) is 6.49. The van der Waals surface area contributed by atoms with Crippen LogP contribution in [0.15, 0.2) is 65.9 Å². The Morgan fingerprint density at radius 2 is 1.57 bits per heavy atom. The second-order valence-electron chi connectivity index (χ2n) is 7.98. The molecule has 6 nitrogen and oxygen atoms in total.